The lowest BCUT2D eigenvalue weighted by molar-refractivity contribution is 0.127. The third-order valence-electron chi connectivity index (χ3n) is 2.19. The van der Waals surface area contributed by atoms with Crippen molar-refractivity contribution in [1.82, 2.24) is 19.8 Å². The molecule has 0 radical (unpaired) electrons. The van der Waals surface area contributed by atoms with Crippen molar-refractivity contribution < 1.29 is 4.74 Å². The molecular formula is C10H17N5OS. The monoisotopic (exact) mass is 255 g/mol. The van der Waals surface area contributed by atoms with Crippen molar-refractivity contribution in [2.24, 2.45) is 5.73 Å². The summed E-state index contributed by atoms with van der Waals surface area (Å²) in [6.07, 6.45) is 0. The van der Waals surface area contributed by atoms with Crippen molar-refractivity contribution in [1.29, 1.82) is 0 Å². The molecule has 0 aliphatic rings. The molecule has 0 spiro atoms. The van der Waals surface area contributed by atoms with Crippen LogP contribution in [-0.4, -0.2) is 33.0 Å². The summed E-state index contributed by atoms with van der Waals surface area (Å²) in [5.41, 5.74) is 5.29. The fourth-order valence-corrected chi connectivity index (χ4v) is 2.20. The molecule has 94 valence electrons. The second kappa shape index (κ2) is 4.67. The maximum Gasteiger partial charge on any atom is 0.234 e. The molecule has 2 aromatic heterocycles. The van der Waals surface area contributed by atoms with E-state index in [9.17, 15) is 0 Å². The fraction of sp³-hybridized carbons (Fsp3) is 0.700. The highest BCUT2D eigenvalue weighted by molar-refractivity contribution is 7.16. The third kappa shape index (κ3) is 2.62. The van der Waals surface area contributed by atoms with E-state index >= 15 is 0 Å². The highest BCUT2D eigenvalue weighted by atomic mass is 32.1. The molecule has 0 aliphatic heterocycles. The van der Waals surface area contributed by atoms with Crippen molar-refractivity contribution in [3.05, 3.63) is 10.8 Å². The first-order chi connectivity index (χ1) is 8.02. The zero-order valence-corrected chi connectivity index (χ0v) is 11.1. The SMILES string of the molecule is CC(C)(C)c1nnc2sc(COCCN)nn12. The van der Waals surface area contributed by atoms with Gasteiger partial charge in [-0.1, -0.05) is 32.1 Å². The van der Waals surface area contributed by atoms with Crippen LogP contribution < -0.4 is 5.73 Å². The molecule has 7 heteroatoms. The highest BCUT2D eigenvalue weighted by Gasteiger charge is 2.23. The van der Waals surface area contributed by atoms with Crippen molar-refractivity contribution in [2.45, 2.75) is 32.8 Å². The smallest absolute Gasteiger partial charge is 0.234 e. The van der Waals surface area contributed by atoms with E-state index in [0.717, 1.165) is 15.8 Å². The van der Waals surface area contributed by atoms with Gasteiger partial charge in [-0.05, 0) is 0 Å². The number of fused-ring (bicyclic) bond motifs is 1. The number of nitrogens with zero attached hydrogens (tertiary/aromatic N) is 4. The molecule has 0 saturated carbocycles. The van der Waals surface area contributed by atoms with Crippen LogP contribution in [0.1, 0.15) is 31.6 Å². The molecular weight excluding hydrogens is 238 g/mol. The number of hydrogen-bond donors (Lipinski definition) is 1. The van der Waals surface area contributed by atoms with Gasteiger partial charge in [-0.2, -0.15) is 9.61 Å². The maximum absolute atomic E-state index is 5.36. The standard InChI is InChI=1S/C10H17N5OS/c1-10(2,3)8-12-13-9-15(8)14-7(17-9)6-16-5-4-11/h4-6,11H2,1-3H3. The summed E-state index contributed by atoms with van der Waals surface area (Å²) in [5, 5.41) is 13.6. The molecule has 0 bridgehead atoms. The summed E-state index contributed by atoms with van der Waals surface area (Å²) in [6.45, 7) is 7.83. The topological polar surface area (TPSA) is 78.3 Å². The summed E-state index contributed by atoms with van der Waals surface area (Å²) in [4.78, 5) is 0.807. The Morgan fingerprint density at radius 3 is 2.76 bits per heavy atom. The summed E-state index contributed by atoms with van der Waals surface area (Å²) in [6, 6.07) is 0. The number of aromatic nitrogens is 4. The highest BCUT2D eigenvalue weighted by Crippen LogP contribution is 2.23. The van der Waals surface area contributed by atoms with Crippen LogP contribution in [0.2, 0.25) is 0 Å². The lowest BCUT2D eigenvalue weighted by atomic mass is 9.96. The van der Waals surface area contributed by atoms with Crippen LogP contribution in [0.15, 0.2) is 0 Å². The van der Waals surface area contributed by atoms with Gasteiger partial charge in [0, 0.05) is 12.0 Å². The molecule has 6 nitrogen and oxygen atoms in total. The van der Waals surface area contributed by atoms with Crippen molar-refractivity contribution in [3.8, 4) is 0 Å². The zero-order valence-electron chi connectivity index (χ0n) is 10.3. The molecule has 0 unspecified atom stereocenters. The van der Waals surface area contributed by atoms with Crippen LogP contribution in [-0.2, 0) is 16.8 Å². The van der Waals surface area contributed by atoms with Crippen LogP contribution in [0.25, 0.3) is 4.96 Å². The number of hydrogen-bond acceptors (Lipinski definition) is 6. The predicted molar refractivity (Wildman–Crippen MR) is 66.1 cm³/mol. The van der Waals surface area contributed by atoms with E-state index in [0.29, 0.717) is 19.8 Å². The van der Waals surface area contributed by atoms with E-state index in [4.69, 9.17) is 10.5 Å². The third-order valence-corrected chi connectivity index (χ3v) is 3.06. The quantitative estimate of drug-likeness (QED) is 0.823. The number of ether oxygens (including phenoxy) is 1. The summed E-state index contributed by atoms with van der Waals surface area (Å²) in [7, 11) is 0. The Morgan fingerprint density at radius 2 is 2.12 bits per heavy atom. The molecule has 17 heavy (non-hydrogen) atoms. The zero-order chi connectivity index (χ0) is 12.5. The molecule has 0 saturated heterocycles. The molecule has 2 aromatic rings. The lowest BCUT2D eigenvalue weighted by Gasteiger charge is -2.13. The van der Waals surface area contributed by atoms with Gasteiger partial charge in [0.15, 0.2) is 5.82 Å². The second-order valence-corrected chi connectivity index (χ2v) is 5.85. The Morgan fingerprint density at radius 1 is 1.35 bits per heavy atom. The maximum atomic E-state index is 5.36. The first-order valence-electron chi connectivity index (χ1n) is 5.52. The van der Waals surface area contributed by atoms with Crippen molar-refractivity contribution in [2.75, 3.05) is 13.2 Å². The Balaban J connectivity index is 2.23. The lowest BCUT2D eigenvalue weighted by Crippen LogP contribution is -2.16. The van der Waals surface area contributed by atoms with E-state index in [1.807, 2.05) is 0 Å². The van der Waals surface area contributed by atoms with Crippen LogP contribution in [0.5, 0.6) is 0 Å². The van der Waals surface area contributed by atoms with Gasteiger partial charge in [0.25, 0.3) is 0 Å². The van der Waals surface area contributed by atoms with Gasteiger partial charge in [-0.3, -0.25) is 0 Å². The van der Waals surface area contributed by atoms with E-state index < -0.39 is 0 Å². The first-order valence-corrected chi connectivity index (χ1v) is 6.33. The summed E-state index contributed by atoms with van der Waals surface area (Å²) >= 11 is 1.50. The molecule has 0 amide bonds. The fourth-order valence-electron chi connectivity index (χ4n) is 1.43. The van der Waals surface area contributed by atoms with E-state index in [1.165, 1.54) is 11.3 Å². The van der Waals surface area contributed by atoms with Crippen molar-refractivity contribution >= 4 is 16.3 Å². The Labute approximate surface area is 104 Å². The Bertz CT molecular complexity index is 498. The second-order valence-electron chi connectivity index (χ2n) is 4.81. The van der Waals surface area contributed by atoms with Crippen LogP contribution in [0.4, 0.5) is 0 Å². The van der Waals surface area contributed by atoms with Gasteiger partial charge in [-0.15, -0.1) is 10.2 Å². The minimum absolute atomic E-state index is 0.0666. The molecule has 0 aliphatic carbocycles. The van der Waals surface area contributed by atoms with Gasteiger partial charge >= 0.3 is 0 Å². The van der Waals surface area contributed by atoms with Crippen LogP contribution in [0, 0.1) is 0 Å². The van der Waals surface area contributed by atoms with Crippen LogP contribution >= 0.6 is 11.3 Å². The first kappa shape index (κ1) is 12.4. The van der Waals surface area contributed by atoms with Gasteiger partial charge in [-0.25, -0.2) is 0 Å². The van der Waals surface area contributed by atoms with Gasteiger partial charge < -0.3 is 10.5 Å². The van der Waals surface area contributed by atoms with E-state index in [2.05, 4.69) is 36.1 Å². The Kier molecular flexibility index (Phi) is 3.41. The molecule has 2 rings (SSSR count). The number of nitrogens with two attached hydrogens (primary N) is 1. The van der Waals surface area contributed by atoms with Gasteiger partial charge in [0.2, 0.25) is 4.96 Å². The van der Waals surface area contributed by atoms with Gasteiger partial charge in [0.1, 0.15) is 11.6 Å². The van der Waals surface area contributed by atoms with Gasteiger partial charge in [0.05, 0.1) is 6.61 Å². The number of rotatable bonds is 4. The predicted octanol–water partition coefficient (Wildman–Crippen LogP) is 0.959. The minimum atomic E-state index is -0.0666. The molecule has 0 aromatic carbocycles. The summed E-state index contributed by atoms with van der Waals surface area (Å²) < 4.78 is 7.15. The minimum Gasteiger partial charge on any atom is -0.373 e. The molecule has 2 N–H and O–H groups in total. The molecule has 2 heterocycles. The van der Waals surface area contributed by atoms with Crippen LogP contribution in [0.3, 0.4) is 0 Å². The molecule has 0 atom stereocenters. The molecule has 0 fully saturated rings. The van der Waals surface area contributed by atoms with E-state index in [-0.39, 0.29) is 5.41 Å². The summed E-state index contributed by atoms with van der Waals surface area (Å²) in [5.74, 6) is 0.869. The Hall–Kier alpha value is -1.05. The average molecular weight is 255 g/mol. The normalized spacial score (nSPS) is 12.5. The van der Waals surface area contributed by atoms with E-state index in [1.54, 1.807) is 4.52 Å². The van der Waals surface area contributed by atoms with Crippen molar-refractivity contribution in [3.63, 3.8) is 0 Å². The largest absolute Gasteiger partial charge is 0.373 e. The average Bonchev–Trinajstić information content (AvgIpc) is 2.74.